The number of carbonyl (C=O) groups excluding carboxylic acids is 2. The molecule has 2 aliphatic rings. The van der Waals surface area contributed by atoms with Crippen molar-refractivity contribution in [2.24, 2.45) is 0 Å². The summed E-state index contributed by atoms with van der Waals surface area (Å²) in [4.78, 5) is 26.6. The molecule has 0 saturated heterocycles. The molecule has 2 heterocycles. The third kappa shape index (κ3) is 4.59. The molecule has 0 saturated carbocycles. The molecule has 1 aliphatic carbocycles. The molecular formula is C26H29NO6. The van der Waals surface area contributed by atoms with E-state index in [1.54, 1.807) is 14.2 Å². The second-order valence-corrected chi connectivity index (χ2v) is 8.37. The zero-order chi connectivity index (χ0) is 23.5. The smallest absolute Gasteiger partial charge is 0.336 e. The molecule has 0 fully saturated rings. The van der Waals surface area contributed by atoms with Crippen molar-refractivity contribution in [3.8, 4) is 5.75 Å². The quantitative estimate of drug-likeness (QED) is 0.500. The van der Waals surface area contributed by atoms with Gasteiger partial charge in [0.05, 0.1) is 25.2 Å². The first kappa shape index (κ1) is 22.9. The number of furan rings is 1. The second kappa shape index (κ2) is 9.67. The molecule has 0 amide bonds. The minimum Gasteiger partial charge on any atom is -0.497 e. The van der Waals surface area contributed by atoms with Crippen molar-refractivity contribution >= 4 is 11.8 Å². The predicted molar refractivity (Wildman–Crippen MR) is 122 cm³/mol. The van der Waals surface area contributed by atoms with Crippen LogP contribution < -0.4 is 10.1 Å². The van der Waals surface area contributed by atoms with E-state index < -0.39 is 11.9 Å². The summed E-state index contributed by atoms with van der Waals surface area (Å²) in [7, 11) is 3.18. The van der Waals surface area contributed by atoms with Gasteiger partial charge in [-0.05, 0) is 56.0 Å². The summed E-state index contributed by atoms with van der Waals surface area (Å²) in [6, 6.07) is 11.5. The summed E-state index contributed by atoms with van der Waals surface area (Å²) in [5.74, 6) is 0.957. The van der Waals surface area contributed by atoms with E-state index in [4.69, 9.17) is 18.6 Å². The first-order chi connectivity index (χ1) is 15.9. The van der Waals surface area contributed by atoms with E-state index in [2.05, 4.69) is 5.32 Å². The summed E-state index contributed by atoms with van der Waals surface area (Å²) in [6.07, 6.45) is 0.989. The molecule has 0 spiro atoms. The van der Waals surface area contributed by atoms with Crippen LogP contribution in [0.25, 0.3) is 0 Å². The average molecular weight is 452 g/mol. The van der Waals surface area contributed by atoms with Crippen LogP contribution in [0.2, 0.25) is 0 Å². The fourth-order valence-corrected chi connectivity index (χ4v) is 4.63. The van der Waals surface area contributed by atoms with Crippen molar-refractivity contribution in [3.05, 3.63) is 76.0 Å². The highest BCUT2D eigenvalue weighted by Crippen LogP contribution is 2.46. The number of rotatable bonds is 7. The number of Topliss-reactive ketones (excluding diaryl/α,β-unsaturated/α-hetero) is 1. The number of aryl methyl sites for hydroxylation is 1. The lowest BCUT2D eigenvalue weighted by molar-refractivity contribution is -0.140. The topological polar surface area (TPSA) is 87.0 Å². The van der Waals surface area contributed by atoms with Crippen LogP contribution in [-0.4, -0.2) is 39.2 Å². The lowest BCUT2D eigenvalue weighted by atomic mass is 9.73. The van der Waals surface area contributed by atoms with Gasteiger partial charge in [0.1, 0.15) is 23.9 Å². The van der Waals surface area contributed by atoms with Crippen molar-refractivity contribution in [2.75, 3.05) is 27.4 Å². The van der Waals surface area contributed by atoms with Crippen LogP contribution in [0.15, 0.2) is 63.4 Å². The fraction of sp³-hybridized carbons (Fsp3) is 0.385. The fourth-order valence-electron chi connectivity index (χ4n) is 4.63. The van der Waals surface area contributed by atoms with Crippen LogP contribution in [0.3, 0.4) is 0 Å². The Labute approximate surface area is 193 Å². The summed E-state index contributed by atoms with van der Waals surface area (Å²) in [6.45, 7) is 4.10. The highest BCUT2D eigenvalue weighted by Gasteiger charge is 2.42. The number of hydrogen-bond acceptors (Lipinski definition) is 7. The number of carbonyl (C=O) groups is 2. The minimum absolute atomic E-state index is 0.00897. The van der Waals surface area contributed by atoms with E-state index >= 15 is 0 Å². The number of ketones is 1. The van der Waals surface area contributed by atoms with E-state index in [-0.39, 0.29) is 18.3 Å². The van der Waals surface area contributed by atoms with Gasteiger partial charge in [0.2, 0.25) is 0 Å². The number of benzene rings is 1. The Morgan fingerprint density at radius 3 is 2.64 bits per heavy atom. The molecule has 1 aromatic heterocycles. The van der Waals surface area contributed by atoms with Gasteiger partial charge in [0.15, 0.2) is 5.78 Å². The Hall–Kier alpha value is -3.32. The molecule has 174 valence electrons. The van der Waals surface area contributed by atoms with Crippen LogP contribution in [0.1, 0.15) is 48.7 Å². The maximum atomic E-state index is 13.5. The van der Waals surface area contributed by atoms with Crippen LogP contribution in [0, 0.1) is 6.92 Å². The van der Waals surface area contributed by atoms with Crippen LogP contribution in [0.4, 0.5) is 0 Å². The van der Waals surface area contributed by atoms with Crippen molar-refractivity contribution in [3.63, 3.8) is 0 Å². The van der Waals surface area contributed by atoms with E-state index in [9.17, 15) is 9.59 Å². The van der Waals surface area contributed by atoms with Crippen LogP contribution >= 0.6 is 0 Å². The van der Waals surface area contributed by atoms with Crippen molar-refractivity contribution in [1.29, 1.82) is 0 Å². The highest BCUT2D eigenvalue weighted by molar-refractivity contribution is 6.04. The Kier molecular flexibility index (Phi) is 6.70. The molecule has 7 heteroatoms. The Morgan fingerprint density at radius 1 is 1.12 bits per heavy atom. The molecule has 33 heavy (non-hydrogen) atoms. The van der Waals surface area contributed by atoms with E-state index in [0.717, 1.165) is 17.0 Å². The molecule has 0 bridgehead atoms. The maximum Gasteiger partial charge on any atom is 0.336 e. The number of ether oxygens (including phenoxy) is 3. The second-order valence-electron chi connectivity index (χ2n) is 8.37. The molecule has 1 aromatic carbocycles. The molecule has 7 nitrogen and oxygen atoms in total. The first-order valence-corrected chi connectivity index (χ1v) is 11.0. The number of nitrogens with one attached hydrogen (secondary N) is 1. The number of allylic oxidation sites excluding steroid dienone is 3. The zero-order valence-electron chi connectivity index (χ0n) is 19.4. The molecule has 2 atom stereocenters. The van der Waals surface area contributed by atoms with E-state index in [1.807, 2.05) is 50.2 Å². The van der Waals surface area contributed by atoms with Gasteiger partial charge >= 0.3 is 5.97 Å². The van der Waals surface area contributed by atoms with Gasteiger partial charge in [-0.15, -0.1) is 0 Å². The maximum absolute atomic E-state index is 13.5. The lowest BCUT2D eigenvalue weighted by Crippen LogP contribution is -2.36. The Bertz CT molecular complexity index is 1130. The Morgan fingerprint density at radius 2 is 1.94 bits per heavy atom. The third-order valence-corrected chi connectivity index (χ3v) is 6.18. The molecule has 1 aliphatic heterocycles. The van der Waals surface area contributed by atoms with Gasteiger partial charge in [-0.25, -0.2) is 4.79 Å². The molecule has 1 N–H and O–H groups in total. The summed E-state index contributed by atoms with van der Waals surface area (Å²) >= 11 is 0. The van der Waals surface area contributed by atoms with Gasteiger partial charge in [0.25, 0.3) is 0 Å². The van der Waals surface area contributed by atoms with Gasteiger partial charge < -0.3 is 23.9 Å². The van der Waals surface area contributed by atoms with Crippen molar-refractivity contribution in [1.82, 2.24) is 5.32 Å². The normalized spacial score (nSPS) is 20.4. The number of dihydropyridines is 1. The first-order valence-electron chi connectivity index (χ1n) is 11.0. The minimum atomic E-state index is -0.608. The van der Waals surface area contributed by atoms with Crippen molar-refractivity contribution in [2.45, 2.75) is 38.5 Å². The molecule has 0 unspecified atom stereocenters. The van der Waals surface area contributed by atoms with E-state index in [1.165, 1.54) is 0 Å². The average Bonchev–Trinajstić information content (AvgIpc) is 3.24. The molecule has 4 rings (SSSR count). The highest BCUT2D eigenvalue weighted by atomic mass is 16.6. The van der Waals surface area contributed by atoms with Gasteiger partial charge in [-0.3, -0.25) is 4.79 Å². The van der Waals surface area contributed by atoms with Crippen LogP contribution in [0.5, 0.6) is 5.75 Å². The largest absolute Gasteiger partial charge is 0.497 e. The van der Waals surface area contributed by atoms with Gasteiger partial charge in [0, 0.05) is 30.5 Å². The summed E-state index contributed by atoms with van der Waals surface area (Å²) in [5, 5.41) is 3.34. The van der Waals surface area contributed by atoms with Gasteiger partial charge in [-0.1, -0.05) is 12.1 Å². The van der Waals surface area contributed by atoms with Crippen molar-refractivity contribution < 1.29 is 28.2 Å². The molecular weight excluding hydrogens is 422 g/mol. The summed E-state index contributed by atoms with van der Waals surface area (Å²) in [5.41, 5.74) is 3.51. The monoisotopic (exact) mass is 451 g/mol. The third-order valence-electron chi connectivity index (χ3n) is 6.18. The number of methoxy groups -OCH3 is 2. The van der Waals surface area contributed by atoms with Gasteiger partial charge in [-0.2, -0.15) is 0 Å². The molecule has 2 aromatic rings. The predicted octanol–water partition coefficient (Wildman–Crippen LogP) is 4.15. The number of esters is 1. The lowest BCUT2D eigenvalue weighted by Gasteiger charge is -2.35. The number of hydrogen-bond donors (Lipinski definition) is 1. The molecule has 0 radical (unpaired) electrons. The summed E-state index contributed by atoms with van der Waals surface area (Å²) < 4.78 is 21.7. The Balaban J connectivity index is 1.72. The standard InChI is InChI=1S/C26H29NO6/c1-15-8-9-22(33-15)25-23(26(29)32-11-10-30-3)16(2)27-20-13-18(14-21(28)24(20)25)17-6-5-7-19(12-17)31-4/h5-9,12,18,25,27H,10-11,13-14H2,1-4H3/t18-,25+/m1/s1. The van der Waals surface area contributed by atoms with Crippen LogP contribution in [-0.2, 0) is 19.1 Å². The zero-order valence-corrected chi connectivity index (χ0v) is 19.4. The SMILES string of the molecule is COCCOC(=O)C1=C(C)NC2=C(C(=O)C[C@H](c3cccc(OC)c3)C2)[C@H]1c1ccc(C)o1. The van der Waals surface area contributed by atoms with E-state index in [0.29, 0.717) is 47.8 Å².